The van der Waals surface area contributed by atoms with Crippen LogP contribution >= 0.6 is 15.9 Å². The fourth-order valence-electron chi connectivity index (χ4n) is 1.38. The molecule has 0 spiro atoms. The SMILES string of the molecule is BrC[C@H]1OC[C@@H](c2ccccc2)O1. The highest BCUT2D eigenvalue weighted by Gasteiger charge is 2.25. The highest BCUT2D eigenvalue weighted by atomic mass is 79.9. The summed E-state index contributed by atoms with van der Waals surface area (Å²) >= 11 is 3.33. The number of hydrogen-bond acceptors (Lipinski definition) is 2. The summed E-state index contributed by atoms with van der Waals surface area (Å²) in [6.45, 7) is 0.653. The summed E-state index contributed by atoms with van der Waals surface area (Å²) in [5.74, 6) is 0. The van der Waals surface area contributed by atoms with E-state index < -0.39 is 0 Å². The molecule has 1 saturated heterocycles. The van der Waals surface area contributed by atoms with E-state index in [0.717, 1.165) is 5.33 Å². The predicted octanol–water partition coefficient (Wildman–Crippen LogP) is 2.50. The van der Waals surface area contributed by atoms with Crippen molar-refractivity contribution < 1.29 is 9.47 Å². The Hall–Kier alpha value is -0.380. The van der Waals surface area contributed by atoms with Crippen molar-refractivity contribution in [3.63, 3.8) is 0 Å². The largest absolute Gasteiger partial charge is 0.349 e. The summed E-state index contributed by atoms with van der Waals surface area (Å²) in [7, 11) is 0. The molecule has 3 heteroatoms. The van der Waals surface area contributed by atoms with Crippen LogP contribution in [0.5, 0.6) is 0 Å². The van der Waals surface area contributed by atoms with Crippen LogP contribution in [0.4, 0.5) is 0 Å². The maximum atomic E-state index is 5.63. The molecule has 1 aliphatic heterocycles. The molecule has 0 aromatic heterocycles. The van der Waals surface area contributed by atoms with Crippen molar-refractivity contribution >= 4 is 15.9 Å². The van der Waals surface area contributed by atoms with E-state index in [1.807, 2.05) is 18.2 Å². The number of hydrogen-bond donors (Lipinski definition) is 0. The molecule has 0 amide bonds. The van der Waals surface area contributed by atoms with Gasteiger partial charge < -0.3 is 9.47 Å². The highest BCUT2D eigenvalue weighted by molar-refractivity contribution is 9.09. The molecule has 1 heterocycles. The fourth-order valence-corrected chi connectivity index (χ4v) is 1.72. The van der Waals surface area contributed by atoms with E-state index in [4.69, 9.17) is 9.47 Å². The molecule has 2 rings (SSSR count). The highest BCUT2D eigenvalue weighted by Crippen LogP contribution is 2.26. The molecule has 0 N–H and O–H groups in total. The van der Waals surface area contributed by atoms with Crippen LogP contribution in [0.2, 0.25) is 0 Å². The van der Waals surface area contributed by atoms with Crippen molar-refractivity contribution in [2.24, 2.45) is 0 Å². The van der Waals surface area contributed by atoms with Crippen LogP contribution in [-0.2, 0) is 9.47 Å². The van der Waals surface area contributed by atoms with Gasteiger partial charge in [0.2, 0.25) is 0 Å². The van der Waals surface area contributed by atoms with Gasteiger partial charge in [-0.3, -0.25) is 0 Å². The average Bonchev–Trinajstić information content (AvgIpc) is 2.67. The second-order valence-corrected chi connectivity index (χ2v) is 3.60. The van der Waals surface area contributed by atoms with Crippen molar-refractivity contribution in [2.75, 3.05) is 11.9 Å². The first-order valence-corrected chi connectivity index (χ1v) is 5.40. The Labute approximate surface area is 86.0 Å². The van der Waals surface area contributed by atoms with Gasteiger partial charge in [0.25, 0.3) is 0 Å². The van der Waals surface area contributed by atoms with E-state index in [1.165, 1.54) is 5.56 Å². The van der Waals surface area contributed by atoms with Gasteiger partial charge in [0.1, 0.15) is 6.10 Å². The first-order chi connectivity index (χ1) is 6.40. The molecule has 2 atom stereocenters. The van der Waals surface area contributed by atoms with E-state index in [-0.39, 0.29) is 12.4 Å². The van der Waals surface area contributed by atoms with E-state index in [1.54, 1.807) is 0 Å². The molecule has 1 fully saturated rings. The van der Waals surface area contributed by atoms with Crippen molar-refractivity contribution in [3.8, 4) is 0 Å². The third kappa shape index (κ3) is 2.10. The monoisotopic (exact) mass is 242 g/mol. The molecule has 1 aromatic carbocycles. The van der Waals surface area contributed by atoms with Gasteiger partial charge >= 0.3 is 0 Å². The van der Waals surface area contributed by atoms with E-state index >= 15 is 0 Å². The first kappa shape index (κ1) is 9.19. The zero-order valence-electron chi connectivity index (χ0n) is 7.15. The van der Waals surface area contributed by atoms with Crippen molar-refractivity contribution in [3.05, 3.63) is 35.9 Å². The average molecular weight is 243 g/mol. The Morgan fingerprint density at radius 3 is 2.69 bits per heavy atom. The van der Waals surface area contributed by atoms with Gasteiger partial charge in [-0.05, 0) is 5.56 Å². The molecular formula is C10H11BrO2. The maximum Gasteiger partial charge on any atom is 0.168 e. The minimum Gasteiger partial charge on any atom is -0.349 e. The summed E-state index contributed by atoms with van der Waals surface area (Å²) < 4.78 is 11.0. The second kappa shape index (κ2) is 4.22. The summed E-state index contributed by atoms with van der Waals surface area (Å²) in [6, 6.07) is 10.1. The Morgan fingerprint density at radius 1 is 1.31 bits per heavy atom. The van der Waals surface area contributed by atoms with Crippen molar-refractivity contribution in [1.29, 1.82) is 0 Å². The quantitative estimate of drug-likeness (QED) is 0.743. The van der Waals surface area contributed by atoms with Crippen molar-refractivity contribution in [2.45, 2.75) is 12.4 Å². The molecular weight excluding hydrogens is 232 g/mol. The van der Waals surface area contributed by atoms with Gasteiger partial charge in [0.05, 0.1) is 11.9 Å². The lowest BCUT2D eigenvalue weighted by Gasteiger charge is -2.08. The lowest BCUT2D eigenvalue weighted by Crippen LogP contribution is -2.08. The minimum atomic E-state index is -0.0924. The summed E-state index contributed by atoms with van der Waals surface area (Å²) in [4.78, 5) is 0. The molecule has 0 saturated carbocycles. The van der Waals surface area contributed by atoms with Crippen molar-refractivity contribution in [1.82, 2.24) is 0 Å². The lowest BCUT2D eigenvalue weighted by molar-refractivity contribution is -0.0379. The number of ether oxygens (including phenoxy) is 2. The van der Waals surface area contributed by atoms with Crippen LogP contribution in [0.15, 0.2) is 30.3 Å². The molecule has 70 valence electrons. The Morgan fingerprint density at radius 2 is 2.08 bits per heavy atom. The van der Waals surface area contributed by atoms with Crippen LogP contribution in [0.3, 0.4) is 0 Å². The van der Waals surface area contributed by atoms with Crippen LogP contribution in [0.1, 0.15) is 11.7 Å². The third-order valence-corrected chi connectivity index (χ3v) is 2.58. The molecule has 13 heavy (non-hydrogen) atoms. The normalized spacial score (nSPS) is 27.8. The molecule has 1 aromatic rings. The van der Waals surface area contributed by atoms with Gasteiger partial charge in [-0.25, -0.2) is 0 Å². The van der Waals surface area contributed by atoms with E-state index in [0.29, 0.717) is 6.61 Å². The molecule has 0 aliphatic carbocycles. The molecule has 2 nitrogen and oxygen atoms in total. The standard InChI is InChI=1S/C10H11BrO2/c11-6-10-12-7-9(13-10)8-4-2-1-3-5-8/h1-5,9-10H,6-7H2/t9-,10-/m0/s1. The van der Waals surface area contributed by atoms with E-state index in [9.17, 15) is 0 Å². The fraction of sp³-hybridized carbons (Fsp3) is 0.400. The Kier molecular flexibility index (Phi) is 2.98. The Balaban J connectivity index is 2.04. The lowest BCUT2D eigenvalue weighted by atomic mass is 10.1. The van der Waals surface area contributed by atoms with Crippen LogP contribution in [0, 0.1) is 0 Å². The summed E-state index contributed by atoms with van der Waals surface area (Å²) in [6.07, 6.45) is 0.00829. The number of rotatable bonds is 2. The zero-order valence-corrected chi connectivity index (χ0v) is 8.74. The number of halogens is 1. The Bertz CT molecular complexity index is 263. The second-order valence-electron chi connectivity index (χ2n) is 2.95. The molecule has 0 unspecified atom stereocenters. The summed E-state index contributed by atoms with van der Waals surface area (Å²) in [5, 5.41) is 0.732. The molecule has 0 radical (unpaired) electrons. The van der Waals surface area contributed by atoms with Gasteiger partial charge in [0.15, 0.2) is 6.29 Å². The predicted molar refractivity (Wildman–Crippen MR) is 53.8 cm³/mol. The number of alkyl halides is 1. The van der Waals surface area contributed by atoms with E-state index in [2.05, 4.69) is 28.1 Å². The topological polar surface area (TPSA) is 18.5 Å². The summed E-state index contributed by atoms with van der Waals surface area (Å²) in [5.41, 5.74) is 1.19. The molecule has 0 bridgehead atoms. The minimum absolute atomic E-state index is 0.0924. The van der Waals surface area contributed by atoms with Gasteiger partial charge in [-0.1, -0.05) is 46.3 Å². The van der Waals surface area contributed by atoms with Crippen LogP contribution < -0.4 is 0 Å². The maximum absolute atomic E-state index is 5.63. The van der Waals surface area contributed by atoms with Gasteiger partial charge in [-0.15, -0.1) is 0 Å². The zero-order chi connectivity index (χ0) is 9.10. The molecule has 1 aliphatic rings. The third-order valence-electron chi connectivity index (χ3n) is 2.05. The van der Waals surface area contributed by atoms with Gasteiger partial charge in [0, 0.05) is 0 Å². The van der Waals surface area contributed by atoms with Crippen LogP contribution in [-0.4, -0.2) is 18.2 Å². The first-order valence-electron chi connectivity index (χ1n) is 4.28. The smallest absolute Gasteiger partial charge is 0.168 e. The number of benzene rings is 1. The van der Waals surface area contributed by atoms with Crippen LogP contribution in [0.25, 0.3) is 0 Å². The van der Waals surface area contributed by atoms with Gasteiger partial charge in [-0.2, -0.15) is 0 Å².